The highest BCUT2D eigenvalue weighted by Crippen LogP contribution is 2.01. The molecular formula is C6H15NO5Si. The van der Waals surface area contributed by atoms with E-state index in [2.05, 4.69) is 0 Å². The first-order valence-corrected chi connectivity index (χ1v) is 5.32. The Hall–Kier alpha value is -0.633. The smallest absolute Gasteiger partial charge is 0.431 e. The van der Waals surface area contributed by atoms with E-state index in [1.165, 1.54) is 21.3 Å². The maximum absolute atomic E-state index is 10.4. The fraction of sp³-hybridized carbons (Fsp3) is 0.833. The van der Waals surface area contributed by atoms with Crippen molar-refractivity contribution in [2.75, 3.05) is 21.3 Å². The highest BCUT2D eigenvalue weighted by molar-refractivity contribution is 6.45. The molecule has 0 aromatic carbocycles. The predicted molar refractivity (Wildman–Crippen MR) is 47.5 cm³/mol. The van der Waals surface area contributed by atoms with Gasteiger partial charge in [-0.1, -0.05) is 0 Å². The van der Waals surface area contributed by atoms with Crippen molar-refractivity contribution in [2.24, 2.45) is 0 Å². The predicted octanol–water partition coefficient (Wildman–Crippen LogP) is -0.0312. The zero-order valence-electron chi connectivity index (χ0n) is 8.18. The Bertz CT molecular complexity index is 163. The van der Waals surface area contributed by atoms with Crippen molar-refractivity contribution in [1.29, 1.82) is 0 Å². The molecule has 0 aliphatic carbocycles. The van der Waals surface area contributed by atoms with Crippen molar-refractivity contribution < 1.29 is 23.6 Å². The molecular weight excluding hydrogens is 194 g/mol. The van der Waals surface area contributed by atoms with Gasteiger partial charge in [-0.25, -0.2) is 4.79 Å². The summed E-state index contributed by atoms with van der Waals surface area (Å²) in [5, 5.41) is 9.23. The van der Waals surface area contributed by atoms with Crippen LogP contribution in [0.1, 0.15) is 6.92 Å². The van der Waals surface area contributed by atoms with E-state index < -0.39 is 15.4 Å². The van der Waals surface area contributed by atoms with Gasteiger partial charge in [0.1, 0.15) is 5.73 Å². The average Bonchev–Trinajstić information content (AvgIpc) is 2.06. The van der Waals surface area contributed by atoms with Crippen molar-refractivity contribution in [3.63, 3.8) is 0 Å². The highest BCUT2D eigenvalue weighted by Gasteiger charge is 2.24. The lowest BCUT2D eigenvalue weighted by Crippen LogP contribution is -2.41. The fourth-order valence-electron chi connectivity index (χ4n) is 0.824. The van der Waals surface area contributed by atoms with Crippen molar-refractivity contribution in [1.82, 2.24) is 5.06 Å². The lowest BCUT2D eigenvalue weighted by molar-refractivity contribution is -0.132. The van der Waals surface area contributed by atoms with E-state index in [4.69, 9.17) is 18.8 Å². The Labute approximate surface area is 78.8 Å². The molecule has 0 rings (SSSR count). The molecule has 13 heavy (non-hydrogen) atoms. The third kappa shape index (κ3) is 4.22. The second-order valence-electron chi connectivity index (χ2n) is 2.43. The first-order chi connectivity index (χ1) is 6.02. The summed E-state index contributed by atoms with van der Waals surface area (Å²) in [7, 11) is 2.43. The van der Waals surface area contributed by atoms with E-state index in [9.17, 15) is 4.79 Å². The summed E-state index contributed by atoms with van der Waals surface area (Å²) in [5.74, 6) is 0. The quantitative estimate of drug-likeness (QED) is 0.508. The maximum atomic E-state index is 10.4. The molecule has 7 heteroatoms. The molecule has 1 N–H and O–H groups in total. The zero-order valence-corrected chi connectivity index (χ0v) is 9.34. The molecule has 0 aromatic heterocycles. The molecule has 0 radical (unpaired) electrons. The van der Waals surface area contributed by atoms with Crippen LogP contribution in [0.25, 0.3) is 0 Å². The minimum atomic E-state index is -1.91. The number of rotatable bonds is 5. The van der Waals surface area contributed by atoms with Crippen LogP contribution in [-0.2, 0) is 13.7 Å². The average molecular weight is 209 g/mol. The molecule has 0 aliphatic rings. The van der Waals surface area contributed by atoms with Crippen LogP contribution in [0.4, 0.5) is 4.79 Å². The van der Waals surface area contributed by atoms with E-state index in [0.29, 0.717) is 0 Å². The normalized spacial score (nSPS) is 13.0. The van der Waals surface area contributed by atoms with E-state index in [0.717, 1.165) is 5.06 Å². The Morgan fingerprint density at radius 1 is 1.46 bits per heavy atom. The standard InChI is InChI=1S/C6H15NO5Si/c1-5(13(10-3)11-4)12-7(2)6(8)9/h5,13H,1-4H3,(H,8,9). The van der Waals surface area contributed by atoms with Crippen molar-refractivity contribution in [2.45, 2.75) is 12.7 Å². The summed E-state index contributed by atoms with van der Waals surface area (Å²) in [5.41, 5.74) is -0.351. The van der Waals surface area contributed by atoms with Gasteiger partial charge in [-0.2, -0.15) is 5.06 Å². The first-order valence-electron chi connectivity index (χ1n) is 3.72. The number of carboxylic acid groups (broad SMARTS) is 1. The van der Waals surface area contributed by atoms with Gasteiger partial charge in [-0.3, -0.25) is 4.84 Å². The zero-order chi connectivity index (χ0) is 10.4. The van der Waals surface area contributed by atoms with E-state index in [1.54, 1.807) is 6.92 Å². The lowest BCUT2D eigenvalue weighted by Gasteiger charge is -2.22. The van der Waals surface area contributed by atoms with Crippen LogP contribution in [0, 0.1) is 0 Å². The Morgan fingerprint density at radius 3 is 2.23 bits per heavy atom. The summed E-state index contributed by atoms with van der Waals surface area (Å²) in [4.78, 5) is 15.4. The van der Waals surface area contributed by atoms with E-state index in [1.807, 2.05) is 0 Å². The highest BCUT2D eigenvalue weighted by atomic mass is 28.3. The van der Waals surface area contributed by atoms with Crippen LogP contribution in [0.2, 0.25) is 0 Å². The van der Waals surface area contributed by atoms with Gasteiger partial charge in [0.25, 0.3) is 0 Å². The van der Waals surface area contributed by atoms with Gasteiger partial charge in [-0.05, 0) is 6.92 Å². The molecule has 1 atom stereocenters. The van der Waals surface area contributed by atoms with Crippen molar-refractivity contribution >= 4 is 15.4 Å². The molecule has 0 aliphatic heterocycles. The SMILES string of the molecule is CO[SiH](OC)C(C)ON(C)C(=O)O. The van der Waals surface area contributed by atoms with Gasteiger partial charge >= 0.3 is 15.4 Å². The topological polar surface area (TPSA) is 68.2 Å². The Kier molecular flexibility index (Phi) is 5.63. The number of hydrogen-bond donors (Lipinski definition) is 1. The summed E-state index contributed by atoms with van der Waals surface area (Å²) < 4.78 is 10.0. The fourth-order valence-corrected chi connectivity index (χ4v) is 2.06. The van der Waals surface area contributed by atoms with E-state index in [-0.39, 0.29) is 5.73 Å². The minimum absolute atomic E-state index is 0.351. The van der Waals surface area contributed by atoms with Gasteiger partial charge in [0, 0.05) is 21.3 Å². The van der Waals surface area contributed by atoms with Gasteiger partial charge in [-0.15, -0.1) is 0 Å². The number of amides is 1. The maximum Gasteiger partial charge on any atom is 0.431 e. The van der Waals surface area contributed by atoms with Crippen molar-refractivity contribution in [3.05, 3.63) is 0 Å². The van der Waals surface area contributed by atoms with Crippen molar-refractivity contribution in [3.8, 4) is 0 Å². The minimum Gasteiger partial charge on any atom is -0.463 e. The molecule has 78 valence electrons. The molecule has 0 spiro atoms. The molecule has 0 heterocycles. The molecule has 1 amide bonds. The summed E-state index contributed by atoms with van der Waals surface area (Å²) in [6.45, 7) is 1.71. The van der Waals surface area contributed by atoms with Gasteiger partial charge in [0.2, 0.25) is 0 Å². The van der Waals surface area contributed by atoms with Gasteiger partial charge in [0.05, 0.1) is 0 Å². The summed E-state index contributed by atoms with van der Waals surface area (Å²) >= 11 is 0. The molecule has 0 saturated carbocycles. The molecule has 0 aromatic rings. The Balaban J connectivity index is 3.96. The Morgan fingerprint density at radius 2 is 1.92 bits per heavy atom. The first kappa shape index (κ1) is 12.4. The van der Waals surface area contributed by atoms with Crippen LogP contribution >= 0.6 is 0 Å². The molecule has 0 saturated heterocycles. The molecule has 0 bridgehead atoms. The summed E-state index contributed by atoms with van der Waals surface area (Å²) in [6.07, 6.45) is -1.15. The third-order valence-electron chi connectivity index (χ3n) is 1.44. The van der Waals surface area contributed by atoms with Crippen LogP contribution in [0.3, 0.4) is 0 Å². The third-order valence-corrected chi connectivity index (χ3v) is 3.26. The number of nitrogens with zero attached hydrogens (tertiary/aromatic N) is 1. The largest absolute Gasteiger partial charge is 0.463 e. The van der Waals surface area contributed by atoms with E-state index >= 15 is 0 Å². The second-order valence-corrected chi connectivity index (χ2v) is 5.05. The van der Waals surface area contributed by atoms with Crippen LogP contribution < -0.4 is 0 Å². The lowest BCUT2D eigenvalue weighted by atomic mass is 10.9. The summed E-state index contributed by atoms with van der Waals surface area (Å²) in [6, 6.07) is 0. The molecule has 6 nitrogen and oxygen atoms in total. The molecule has 1 unspecified atom stereocenters. The number of hydrogen-bond acceptors (Lipinski definition) is 4. The molecule has 0 fully saturated rings. The van der Waals surface area contributed by atoms with Gasteiger partial charge in [0.15, 0.2) is 0 Å². The second kappa shape index (κ2) is 5.92. The van der Waals surface area contributed by atoms with Crippen LogP contribution in [0.5, 0.6) is 0 Å². The van der Waals surface area contributed by atoms with Gasteiger partial charge < -0.3 is 14.0 Å². The number of carbonyl (C=O) groups is 1. The van der Waals surface area contributed by atoms with Crippen LogP contribution in [-0.4, -0.2) is 52.5 Å². The number of hydroxylamine groups is 2. The van der Waals surface area contributed by atoms with Crippen LogP contribution in [0.15, 0.2) is 0 Å². The monoisotopic (exact) mass is 209 g/mol.